The molecule has 19 heavy (non-hydrogen) atoms. The molecule has 1 aromatic carbocycles. The molecule has 2 heterocycles. The fourth-order valence-electron chi connectivity index (χ4n) is 2.67. The van der Waals surface area contributed by atoms with Crippen molar-refractivity contribution < 1.29 is 4.74 Å². The Morgan fingerprint density at radius 2 is 2.00 bits per heavy atom. The zero-order chi connectivity index (χ0) is 13.5. The number of aryl methyl sites for hydroxylation is 1. The van der Waals surface area contributed by atoms with Crippen LogP contribution in [0.25, 0.3) is 11.4 Å². The summed E-state index contributed by atoms with van der Waals surface area (Å²) in [5.41, 5.74) is 1.31. The quantitative estimate of drug-likeness (QED) is 0.830. The van der Waals surface area contributed by atoms with Crippen LogP contribution in [-0.4, -0.2) is 21.9 Å². The van der Waals surface area contributed by atoms with Crippen molar-refractivity contribution in [3.8, 4) is 17.1 Å². The van der Waals surface area contributed by atoms with E-state index in [1.807, 2.05) is 24.3 Å². The summed E-state index contributed by atoms with van der Waals surface area (Å²) in [6.07, 6.45) is 2.16. The van der Waals surface area contributed by atoms with Crippen LogP contribution in [0.5, 0.6) is 5.75 Å². The lowest BCUT2D eigenvalue weighted by Crippen LogP contribution is -2.27. The van der Waals surface area contributed by atoms with Gasteiger partial charge in [-0.05, 0) is 24.0 Å². The highest BCUT2D eigenvalue weighted by atomic mass is 16.5. The molecule has 3 rings (SSSR count). The van der Waals surface area contributed by atoms with E-state index in [4.69, 9.17) is 4.74 Å². The fourth-order valence-corrected chi connectivity index (χ4v) is 2.67. The van der Waals surface area contributed by atoms with Gasteiger partial charge in [-0.25, -0.2) is 0 Å². The summed E-state index contributed by atoms with van der Waals surface area (Å²) < 4.78 is 7.67. The third-order valence-electron chi connectivity index (χ3n) is 3.79. The Hall–Kier alpha value is -1.84. The highest BCUT2D eigenvalue weighted by molar-refractivity contribution is 5.64. The predicted octanol–water partition coefficient (Wildman–Crippen LogP) is 2.93. The van der Waals surface area contributed by atoms with Gasteiger partial charge in [-0.2, -0.15) is 0 Å². The van der Waals surface area contributed by atoms with Crippen LogP contribution in [0.2, 0.25) is 0 Å². The van der Waals surface area contributed by atoms with E-state index in [1.54, 1.807) is 7.11 Å². The normalized spacial score (nSPS) is 17.0. The molecule has 0 aliphatic carbocycles. The number of nitrogens with zero attached hydrogens (tertiary/aromatic N) is 3. The number of rotatable bonds is 2. The van der Waals surface area contributed by atoms with Gasteiger partial charge in [0, 0.05) is 13.0 Å². The molecule has 4 heteroatoms. The Morgan fingerprint density at radius 1 is 1.21 bits per heavy atom. The Labute approximate surface area is 113 Å². The van der Waals surface area contributed by atoms with Crippen molar-refractivity contribution in [2.45, 2.75) is 33.2 Å². The van der Waals surface area contributed by atoms with Gasteiger partial charge in [-0.3, -0.25) is 0 Å². The second kappa shape index (κ2) is 4.37. The minimum absolute atomic E-state index is 0.298. The van der Waals surface area contributed by atoms with Gasteiger partial charge in [0.2, 0.25) is 0 Å². The Kier molecular flexibility index (Phi) is 2.81. The molecule has 0 fully saturated rings. The topological polar surface area (TPSA) is 39.9 Å². The molecule has 2 aromatic rings. The lowest BCUT2D eigenvalue weighted by Gasteiger charge is -2.30. The highest BCUT2D eigenvalue weighted by Gasteiger charge is 2.29. The van der Waals surface area contributed by atoms with E-state index < -0.39 is 0 Å². The molecule has 0 saturated heterocycles. The molecular weight excluding hydrogens is 238 g/mol. The monoisotopic (exact) mass is 257 g/mol. The van der Waals surface area contributed by atoms with Crippen LogP contribution in [0.4, 0.5) is 0 Å². The van der Waals surface area contributed by atoms with Crippen LogP contribution in [0.15, 0.2) is 24.3 Å². The van der Waals surface area contributed by atoms with Crippen molar-refractivity contribution >= 4 is 0 Å². The molecule has 1 aliphatic rings. The summed E-state index contributed by atoms with van der Waals surface area (Å²) in [6.45, 7) is 5.55. The molecule has 4 nitrogen and oxygen atoms in total. The van der Waals surface area contributed by atoms with Gasteiger partial charge in [0.25, 0.3) is 0 Å². The van der Waals surface area contributed by atoms with E-state index in [2.05, 4.69) is 28.6 Å². The average Bonchev–Trinajstić information content (AvgIpc) is 2.80. The molecule has 0 N–H and O–H groups in total. The minimum atomic E-state index is 0.298. The number of hydrogen-bond acceptors (Lipinski definition) is 3. The number of aromatic nitrogens is 3. The standard InChI is InChI=1S/C15H19N3O/c1-15(2)9-8-13-16-17-14(18(13)10-15)11-6-4-5-7-12(11)19-3/h4-7H,8-10H2,1-3H3. The molecule has 1 aliphatic heterocycles. The molecule has 100 valence electrons. The van der Waals surface area contributed by atoms with E-state index in [9.17, 15) is 0 Å². The molecule has 0 saturated carbocycles. The second-order valence-electron chi connectivity index (χ2n) is 5.89. The zero-order valence-electron chi connectivity index (χ0n) is 11.7. The van der Waals surface area contributed by atoms with E-state index in [-0.39, 0.29) is 0 Å². The van der Waals surface area contributed by atoms with Crippen molar-refractivity contribution in [2.75, 3.05) is 7.11 Å². The van der Waals surface area contributed by atoms with E-state index in [0.29, 0.717) is 5.41 Å². The van der Waals surface area contributed by atoms with E-state index in [0.717, 1.165) is 42.3 Å². The minimum Gasteiger partial charge on any atom is -0.496 e. The number of benzene rings is 1. The third-order valence-corrected chi connectivity index (χ3v) is 3.79. The Morgan fingerprint density at radius 3 is 2.79 bits per heavy atom. The highest BCUT2D eigenvalue weighted by Crippen LogP contribution is 2.35. The third kappa shape index (κ3) is 2.11. The predicted molar refractivity (Wildman–Crippen MR) is 74.1 cm³/mol. The van der Waals surface area contributed by atoms with Crippen molar-refractivity contribution in [2.24, 2.45) is 5.41 Å². The molecule has 0 unspecified atom stereocenters. The maximum atomic E-state index is 5.43. The van der Waals surface area contributed by atoms with E-state index in [1.165, 1.54) is 0 Å². The van der Waals surface area contributed by atoms with Crippen molar-refractivity contribution in [3.63, 3.8) is 0 Å². The fraction of sp³-hybridized carbons (Fsp3) is 0.467. The molecule has 0 spiro atoms. The molecule has 1 aromatic heterocycles. The lowest BCUT2D eigenvalue weighted by atomic mass is 9.85. The van der Waals surface area contributed by atoms with Crippen LogP contribution in [-0.2, 0) is 13.0 Å². The SMILES string of the molecule is COc1ccccc1-c1nnc2n1CC(C)(C)CC2. The number of para-hydroxylation sites is 1. The second-order valence-corrected chi connectivity index (χ2v) is 5.89. The first-order valence-corrected chi connectivity index (χ1v) is 6.66. The Balaban J connectivity index is 2.10. The summed E-state index contributed by atoms with van der Waals surface area (Å²) in [4.78, 5) is 0. The largest absolute Gasteiger partial charge is 0.496 e. The van der Waals surface area contributed by atoms with Gasteiger partial charge in [0.1, 0.15) is 11.6 Å². The summed E-state index contributed by atoms with van der Waals surface area (Å²) in [6, 6.07) is 7.98. The van der Waals surface area contributed by atoms with Gasteiger partial charge in [0.15, 0.2) is 5.82 Å². The van der Waals surface area contributed by atoms with Crippen molar-refractivity contribution in [1.82, 2.24) is 14.8 Å². The van der Waals surface area contributed by atoms with Crippen LogP contribution < -0.4 is 4.74 Å². The summed E-state index contributed by atoms with van der Waals surface area (Å²) in [7, 11) is 1.69. The lowest BCUT2D eigenvalue weighted by molar-refractivity contribution is 0.248. The first kappa shape index (κ1) is 12.2. The van der Waals surface area contributed by atoms with Gasteiger partial charge in [-0.15, -0.1) is 10.2 Å². The van der Waals surface area contributed by atoms with Gasteiger partial charge >= 0.3 is 0 Å². The first-order chi connectivity index (χ1) is 9.11. The van der Waals surface area contributed by atoms with E-state index >= 15 is 0 Å². The van der Waals surface area contributed by atoms with Gasteiger partial charge in [0.05, 0.1) is 12.7 Å². The van der Waals surface area contributed by atoms with Crippen LogP contribution in [0, 0.1) is 5.41 Å². The number of fused-ring (bicyclic) bond motifs is 1. The van der Waals surface area contributed by atoms with Crippen molar-refractivity contribution in [1.29, 1.82) is 0 Å². The zero-order valence-corrected chi connectivity index (χ0v) is 11.7. The molecule has 0 amide bonds. The molecule has 0 radical (unpaired) electrons. The maximum absolute atomic E-state index is 5.43. The molecular formula is C15H19N3O. The van der Waals surface area contributed by atoms with Crippen LogP contribution >= 0.6 is 0 Å². The number of methoxy groups -OCH3 is 1. The van der Waals surface area contributed by atoms with Gasteiger partial charge < -0.3 is 9.30 Å². The molecule has 0 atom stereocenters. The summed E-state index contributed by atoms with van der Waals surface area (Å²) in [5.74, 6) is 2.85. The van der Waals surface area contributed by atoms with Gasteiger partial charge in [-0.1, -0.05) is 26.0 Å². The number of hydrogen-bond donors (Lipinski definition) is 0. The number of ether oxygens (including phenoxy) is 1. The average molecular weight is 257 g/mol. The van der Waals surface area contributed by atoms with Crippen LogP contribution in [0.3, 0.4) is 0 Å². The Bertz CT molecular complexity index is 601. The summed E-state index contributed by atoms with van der Waals surface area (Å²) >= 11 is 0. The molecule has 0 bridgehead atoms. The van der Waals surface area contributed by atoms with Crippen LogP contribution in [0.1, 0.15) is 26.1 Å². The maximum Gasteiger partial charge on any atom is 0.167 e. The smallest absolute Gasteiger partial charge is 0.167 e. The van der Waals surface area contributed by atoms with Crippen molar-refractivity contribution in [3.05, 3.63) is 30.1 Å². The first-order valence-electron chi connectivity index (χ1n) is 6.66. The summed E-state index contributed by atoms with van der Waals surface area (Å²) in [5, 5.41) is 8.71.